The van der Waals surface area contributed by atoms with Gasteiger partial charge in [0, 0.05) is 25.5 Å². The molecule has 1 aromatic heterocycles. The van der Waals surface area contributed by atoms with Gasteiger partial charge < -0.3 is 14.4 Å². The maximum absolute atomic E-state index is 12.8. The number of pyridine rings is 1. The van der Waals surface area contributed by atoms with Gasteiger partial charge in [-0.2, -0.15) is 0 Å². The number of ether oxygens (including phenoxy) is 2. The molecule has 0 N–H and O–H groups in total. The summed E-state index contributed by atoms with van der Waals surface area (Å²) >= 11 is 0. The zero-order valence-electron chi connectivity index (χ0n) is 16.3. The Kier molecular flexibility index (Phi) is 7.34. The lowest BCUT2D eigenvalue weighted by atomic mass is 10.1. The third kappa shape index (κ3) is 5.81. The first-order valence-electron chi connectivity index (χ1n) is 8.86. The Bertz CT molecular complexity index is 757. The topological polar surface area (TPSA) is 68.7 Å². The molecule has 6 heteroatoms. The predicted molar refractivity (Wildman–Crippen MR) is 102 cm³/mol. The Balaban J connectivity index is 2.11. The number of hydrogen-bond donors (Lipinski definition) is 0. The van der Waals surface area contributed by atoms with Crippen molar-refractivity contribution >= 4 is 11.9 Å². The lowest BCUT2D eigenvalue weighted by molar-refractivity contribution is -0.147. The van der Waals surface area contributed by atoms with Crippen LogP contribution in [0.5, 0.6) is 5.75 Å². The summed E-state index contributed by atoms with van der Waals surface area (Å²) in [6.45, 7) is 6.17. The molecule has 6 nitrogen and oxygen atoms in total. The molecule has 144 valence electrons. The van der Waals surface area contributed by atoms with E-state index in [2.05, 4.69) is 4.98 Å². The van der Waals surface area contributed by atoms with Crippen molar-refractivity contribution in [3.63, 3.8) is 0 Å². The zero-order chi connectivity index (χ0) is 19.8. The second-order valence-electron chi connectivity index (χ2n) is 6.56. The smallest absolute Gasteiger partial charge is 0.310 e. The lowest BCUT2D eigenvalue weighted by Crippen LogP contribution is -2.39. The molecule has 1 heterocycles. The van der Waals surface area contributed by atoms with Gasteiger partial charge in [0.25, 0.3) is 5.91 Å². The molecule has 0 saturated carbocycles. The fourth-order valence-electron chi connectivity index (χ4n) is 2.82. The van der Waals surface area contributed by atoms with E-state index in [0.717, 1.165) is 22.4 Å². The largest absolute Gasteiger partial charge is 0.483 e. The number of aromatic nitrogens is 1. The summed E-state index contributed by atoms with van der Waals surface area (Å²) in [6, 6.07) is 9.53. The van der Waals surface area contributed by atoms with Crippen LogP contribution in [-0.2, 0) is 20.9 Å². The Labute approximate surface area is 160 Å². The highest BCUT2D eigenvalue weighted by atomic mass is 16.5. The average molecular weight is 370 g/mol. The summed E-state index contributed by atoms with van der Waals surface area (Å²) in [4.78, 5) is 30.2. The van der Waals surface area contributed by atoms with E-state index in [1.165, 1.54) is 7.11 Å². The summed E-state index contributed by atoms with van der Waals surface area (Å²) in [5.74, 6) is -0.250. The van der Waals surface area contributed by atoms with Crippen molar-refractivity contribution < 1.29 is 19.1 Å². The molecule has 0 aliphatic rings. The summed E-state index contributed by atoms with van der Waals surface area (Å²) in [7, 11) is 1.35. The standard InChI is InChI=1S/C21H26N2O4/c1-15-6-5-7-16(2)20(15)27-14-19(24)23(12-17(3)21(25)26-4)13-18-8-10-22-11-9-18/h5-11,17H,12-14H2,1-4H3. The van der Waals surface area contributed by atoms with E-state index < -0.39 is 5.92 Å². The van der Waals surface area contributed by atoms with Gasteiger partial charge in [-0.3, -0.25) is 14.6 Å². The highest BCUT2D eigenvalue weighted by molar-refractivity contribution is 5.79. The maximum Gasteiger partial charge on any atom is 0.310 e. The van der Waals surface area contributed by atoms with E-state index in [4.69, 9.17) is 9.47 Å². The van der Waals surface area contributed by atoms with Crippen LogP contribution in [0.25, 0.3) is 0 Å². The minimum Gasteiger partial charge on any atom is -0.483 e. The minimum atomic E-state index is -0.430. The second-order valence-corrected chi connectivity index (χ2v) is 6.56. The molecule has 1 atom stereocenters. The number of carbonyl (C=O) groups excluding carboxylic acids is 2. The molecule has 0 spiro atoms. The molecule has 0 aliphatic carbocycles. The highest BCUT2D eigenvalue weighted by Gasteiger charge is 2.22. The number of methoxy groups -OCH3 is 1. The molecule has 0 radical (unpaired) electrons. The Morgan fingerprint density at radius 2 is 1.74 bits per heavy atom. The van der Waals surface area contributed by atoms with Crippen LogP contribution < -0.4 is 4.74 Å². The number of para-hydroxylation sites is 1. The van der Waals surface area contributed by atoms with Gasteiger partial charge in [-0.25, -0.2) is 0 Å². The van der Waals surface area contributed by atoms with Gasteiger partial charge in [0.15, 0.2) is 6.61 Å². The highest BCUT2D eigenvalue weighted by Crippen LogP contribution is 2.22. The number of hydrogen-bond acceptors (Lipinski definition) is 5. The van der Waals surface area contributed by atoms with Crippen LogP contribution >= 0.6 is 0 Å². The normalized spacial score (nSPS) is 11.6. The lowest BCUT2D eigenvalue weighted by Gasteiger charge is -2.25. The third-order valence-electron chi connectivity index (χ3n) is 4.32. The van der Waals surface area contributed by atoms with Crippen molar-refractivity contribution in [2.24, 2.45) is 5.92 Å². The third-order valence-corrected chi connectivity index (χ3v) is 4.32. The molecule has 1 unspecified atom stereocenters. The first-order chi connectivity index (χ1) is 12.9. The van der Waals surface area contributed by atoms with Gasteiger partial charge in [-0.1, -0.05) is 25.1 Å². The number of esters is 1. The summed E-state index contributed by atoms with van der Waals surface area (Å²) in [5, 5.41) is 0. The zero-order valence-corrected chi connectivity index (χ0v) is 16.3. The minimum absolute atomic E-state index is 0.0926. The quantitative estimate of drug-likeness (QED) is 0.668. The van der Waals surface area contributed by atoms with Crippen molar-refractivity contribution in [2.75, 3.05) is 20.3 Å². The molecular formula is C21H26N2O4. The first-order valence-corrected chi connectivity index (χ1v) is 8.86. The maximum atomic E-state index is 12.8. The Morgan fingerprint density at radius 1 is 1.11 bits per heavy atom. The van der Waals surface area contributed by atoms with Gasteiger partial charge in [0.2, 0.25) is 0 Å². The molecule has 0 saturated heterocycles. The SMILES string of the molecule is COC(=O)C(C)CN(Cc1ccncc1)C(=O)COc1c(C)cccc1C. The summed E-state index contributed by atoms with van der Waals surface area (Å²) in [6.07, 6.45) is 3.35. The van der Waals surface area contributed by atoms with Gasteiger partial charge in [-0.05, 0) is 42.7 Å². The molecular weight excluding hydrogens is 344 g/mol. The fraction of sp³-hybridized carbons (Fsp3) is 0.381. The molecule has 0 fully saturated rings. The van der Waals surface area contributed by atoms with Gasteiger partial charge in [0.1, 0.15) is 5.75 Å². The monoisotopic (exact) mass is 370 g/mol. The molecule has 1 amide bonds. The van der Waals surface area contributed by atoms with Crippen LogP contribution in [0.4, 0.5) is 0 Å². The molecule has 0 aliphatic heterocycles. The van der Waals surface area contributed by atoms with Gasteiger partial charge >= 0.3 is 5.97 Å². The summed E-state index contributed by atoms with van der Waals surface area (Å²) < 4.78 is 10.6. The second kappa shape index (κ2) is 9.71. The molecule has 1 aromatic carbocycles. The number of rotatable bonds is 8. The number of nitrogens with zero attached hydrogens (tertiary/aromatic N) is 2. The number of benzene rings is 1. The van der Waals surface area contributed by atoms with E-state index in [1.807, 2.05) is 44.2 Å². The number of carbonyl (C=O) groups is 2. The number of aryl methyl sites for hydroxylation is 2. The van der Waals surface area contributed by atoms with Gasteiger partial charge in [0.05, 0.1) is 13.0 Å². The van der Waals surface area contributed by atoms with Crippen molar-refractivity contribution in [2.45, 2.75) is 27.3 Å². The number of amides is 1. The Hall–Kier alpha value is -2.89. The van der Waals surface area contributed by atoms with Crippen molar-refractivity contribution in [1.82, 2.24) is 9.88 Å². The van der Waals surface area contributed by atoms with E-state index in [-0.39, 0.29) is 25.0 Å². The fourth-order valence-corrected chi connectivity index (χ4v) is 2.82. The first kappa shape index (κ1) is 20.4. The molecule has 2 aromatic rings. The molecule has 27 heavy (non-hydrogen) atoms. The van der Waals surface area contributed by atoms with E-state index in [9.17, 15) is 9.59 Å². The molecule has 2 rings (SSSR count). The van der Waals surface area contributed by atoms with Gasteiger partial charge in [-0.15, -0.1) is 0 Å². The van der Waals surface area contributed by atoms with Crippen LogP contribution in [-0.4, -0.2) is 42.0 Å². The predicted octanol–water partition coefficient (Wildman–Crippen LogP) is 2.92. The van der Waals surface area contributed by atoms with E-state index in [0.29, 0.717) is 6.54 Å². The van der Waals surface area contributed by atoms with Crippen LogP contribution in [0.2, 0.25) is 0 Å². The van der Waals surface area contributed by atoms with Crippen LogP contribution in [0.15, 0.2) is 42.7 Å². The average Bonchev–Trinajstić information content (AvgIpc) is 2.67. The Morgan fingerprint density at radius 3 is 2.33 bits per heavy atom. The van der Waals surface area contributed by atoms with E-state index in [1.54, 1.807) is 24.2 Å². The molecule has 0 bridgehead atoms. The van der Waals surface area contributed by atoms with E-state index >= 15 is 0 Å². The van der Waals surface area contributed by atoms with Crippen LogP contribution in [0.3, 0.4) is 0 Å². The van der Waals surface area contributed by atoms with Crippen molar-refractivity contribution in [3.05, 3.63) is 59.4 Å². The van der Waals surface area contributed by atoms with Crippen LogP contribution in [0, 0.1) is 19.8 Å². The summed E-state index contributed by atoms with van der Waals surface area (Å²) in [5.41, 5.74) is 2.89. The van der Waals surface area contributed by atoms with Crippen LogP contribution in [0.1, 0.15) is 23.6 Å². The van der Waals surface area contributed by atoms with Crippen molar-refractivity contribution in [1.29, 1.82) is 0 Å². The van der Waals surface area contributed by atoms with Crippen molar-refractivity contribution in [3.8, 4) is 5.75 Å².